The Labute approximate surface area is 159 Å². The van der Waals surface area contributed by atoms with Gasteiger partial charge in [-0.15, -0.1) is 24.8 Å². The van der Waals surface area contributed by atoms with Gasteiger partial charge in [0.05, 0.1) is 6.54 Å². The largest absolute Gasteiger partial charge is 0.492 e. The number of nitrogens with zero attached hydrogens (tertiary/aromatic N) is 3. The molecule has 25 heavy (non-hydrogen) atoms. The number of carbonyl (C=O) groups is 1. The fourth-order valence-electron chi connectivity index (χ4n) is 2.60. The molecule has 2 N–H and O–H groups in total. The summed E-state index contributed by atoms with van der Waals surface area (Å²) in [5.41, 5.74) is 0.770. The topological polar surface area (TPSA) is 81.1 Å². The van der Waals surface area contributed by atoms with Gasteiger partial charge in [0.25, 0.3) is 0 Å². The van der Waals surface area contributed by atoms with Crippen LogP contribution < -0.4 is 15.4 Å². The van der Waals surface area contributed by atoms with Crippen LogP contribution in [0.4, 0.5) is 5.69 Å². The molecular weight excluding hydrogens is 365 g/mol. The maximum atomic E-state index is 12.3. The number of carbonyl (C=O) groups excluding carboxylic acids is 1. The second-order valence-electron chi connectivity index (χ2n) is 5.55. The van der Waals surface area contributed by atoms with Crippen molar-refractivity contribution >= 4 is 36.4 Å². The summed E-state index contributed by atoms with van der Waals surface area (Å²) in [6.45, 7) is 2.94. The molecule has 2 aromatic rings. The van der Waals surface area contributed by atoms with Gasteiger partial charge in [-0.05, 0) is 38.1 Å². The van der Waals surface area contributed by atoms with Gasteiger partial charge in [-0.25, -0.2) is 9.67 Å². The molecule has 0 unspecified atom stereocenters. The van der Waals surface area contributed by atoms with E-state index in [0.29, 0.717) is 13.2 Å². The summed E-state index contributed by atoms with van der Waals surface area (Å²) < 4.78 is 7.41. The average molecular weight is 388 g/mol. The maximum absolute atomic E-state index is 12.3. The van der Waals surface area contributed by atoms with E-state index in [1.807, 2.05) is 24.3 Å². The van der Waals surface area contributed by atoms with Gasteiger partial charge in [-0.3, -0.25) is 4.79 Å². The first-order valence-electron chi connectivity index (χ1n) is 7.88. The predicted molar refractivity (Wildman–Crippen MR) is 101 cm³/mol. The zero-order valence-electron chi connectivity index (χ0n) is 13.8. The minimum absolute atomic E-state index is 0. The van der Waals surface area contributed by atoms with E-state index in [4.69, 9.17) is 4.74 Å². The zero-order chi connectivity index (χ0) is 15.9. The minimum atomic E-state index is 0. The van der Waals surface area contributed by atoms with Crippen LogP contribution in [0, 0.1) is 5.92 Å². The van der Waals surface area contributed by atoms with Gasteiger partial charge in [-0.2, -0.15) is 5.10 Å². The van der Waals surface area contributed by atoms with Crippen LogP contribution in [-0.4, -0.2) is 40.4 Å². The number of nitrogens with one attached hydrogen (secondary N) is 2. The molecule has 9 heteroatoms. The summed E-state index contributed by atoms with van der Waals surface area (Å²) in [4.78, 5) is 16.1. The van der Waals surface area contributed by atoms with Crippen molar-refractivity contribution < 1.29 is 9.53 Å². The van der Waals surface area contributed by atoms with Gasteiger partial charge in [0.2, 0.25) is 5.91 Å². The molecule has 0 bridgehead atoms. The van der Waals surface area contributed by atoms with Crippen molar-refractivity contribution in [3.63, 3.8) is 0 Å². The Balaban J connectivity index is 0.00000156. The summed E-state index contributed by atoms with van der Waals surface area (Å²) in [7, 11) is 0. The number of hydrogen-bond acceptors (Lipinski definition) is 5. The monoisotopic (exact) mass is 387 g/mol. The minimum Gasteiger partial charge on any atom is -0.492 e. The normalized spacial score (nSPS) is 14.1. The van der Waals surface area contributed by atoms with Gasteiger partial charge < -0.3 is 15.4 Å². The van der Waals surface area contributed by atoms with Gasteiger partial charge in [0, 0.05) is 17.7 Å². The number of ether oxygens (including phenoxy) is 1. The molecule has 0 radical (unpaired) electrons. The number of hydrogen-bond donors (Lipinski definition) is 2. The summed E-state index contributed by atoms with van der Waals surface area (Å²) in [5.74, 6) is 0.910. The van der Waals surface area contributed by atoms with Crippen molar-refractivity contribution in [3.8, 4) is 5.75 Å². The lowest BCUT2D eigenvalue weighted by Crippen LogP contribution is -2.34. The molecule has 3 rings (SSSR count). The Kier molecular flexibility index (Phi) is 9.26. The van der Waals surface area contributed by atoms with Crippen molar-refractivity contribution in [2.45, 2.75) is 19.4 Å². The van der Waals surface area contributed by atoms with Crippen LogP contribution in [0.5, 0.6) is 5.75 Å². The van der Waals surface area contributed by atoms with E-state index in [0.717, 1.165) is 37.4 Å². The molecule has 0 aliphatic carbocycles. The summed E-state index contributed by atoms with van der Waals surface area (Å²) >= 11 is 0. The zero-order valence-corrected chi connectivity index (χ0v) is 15.4. The van der Waals surface area contributed by atoms with Crippen LogP contribution in [0.1, 0.15) is 12.8 Å². The quantitative estimate of drug-likeness (QED) is 0.793. The number of anilines is 1. The first-order chi connectivity index (χ1) is 11.3. The molecule has 1 aromatic carbocycles. The van der Waals surface area contributed by atoms with E-state index in [2.05, 4.69) is 20.7 Å². The summed E-state index contributed by atoms with van der Waals surface area (Å²) in [6.07, 6.45) is 4.93. The van der Waals surface area contributed by atoms with Crippen LogP contribution >= 0.6 is 24.8 Å². The Hall–Kier alpha value is -1.83. The highest BCUT2D eigenvalue weighted by molar-refractivity contribution is 5.92. The number of amides is 1. The van der Waals surface area contributed by atoms with Crippen molar-refractivity contribution in [3.05, 3.63) is 36.9 Å². The fraction of sp³-hybridized carbons (Fsp3) is 0.438. The average Bonchev–Trinajstić information content (AvgIpc) is 3.09. The SMILES string of the molecule is Cl.Cl.O=C(Nc1cccc(OCCn2cncn2)c1)C1CCNCC1. The van der Waals surface area contributed by atoms with Gasteiger partial charge in [0.15, 0.2) is 0 Å². The lowest BCUT2D eigenvalue weighted by molar-refractivity contribution is -0.120. The lowest BCUT2D eigenvalue weighted by Gasteiger charge is -2.21. The fourth-order valence-corrected chi connectivity index (χ4v) is 2.60. The van der Waals surface area contributed by atoms with Crippen LogP contribution in [0.3, 0.4) is 0 Å². The third kappa shape index (κ3) is 6.53. The van der Waals surface area contributed by atoms with Crippen molar-refractivity contribution in [2.75, 3.05) is 25.0 Å². The third-order valence-electron chi connectivity index (χ3n) is 3.87. The Bertz CT molecular complexity index is 633. The van der Waals surface area contributed by atoms with Crippen LogP contribution in [0.15, 0.2) is 36.9 Å². The number of halogens is 2. The first kappa shape index (κ1) is 21.2. The van der Waals surface area contributed by atoms with E-state index in [9.17, 15) is 4.79 Å². The number of rotatable bonds is 6. The van der Waals surface area contributed by atoms with E-state index in [1.165, 1.54) is 6.33 Å². The van der Waals surface area contributed by atoms with Crippen LogP contribution in [0.2, 0.25) is 0 Å². The Morgan fingerprint density at radius 3 is 2.84 bits per heavy atom. The lowest BCUT2D eigenvalue weighted by atomic mass is 9.97. The molecule has 138 valence electrons. The van der Waals surface area contributed by atoms with Gasteiger partial charge >= 0.3 is 0 Å². The standard InChI is InChI=1S/C16H21N5O2.2ClH/c22-16(13-4-6-17-7-5-13)20-14-2-1-3-15(10-14)23-9-8-21-12-18-11-19-21;;/h1-3,10-13,17H,4-9H2,(H,20,22);2*1H. The van der Waals surface area contributed by atoms with Crippen LogP contribution in [-0.2, 0) is 11.3 Å². The maximum Gasteiger partial charge on any atom is 0.227 e. The van der Waals surface area contributed by atoms with Crippen LogP contribution in [0.25, 0.3) is 0 Å². The molecule has 1 aliphatic heterocycles. The highest BCUT2D eigenvalue weighted by Gasteiger charge is 2.20. The molecule has 7 nitrogen and oxygen atoms in total. The molecule has 0 atom stereocenters. The van der Waals surface area contributed by atoms with Crippen molar-refractivity contribution in [1.82, 2.24) is 20.1 Å². The summed E-state index contributed by atoms with van der Waals surface area (Å²) in [6, 6.07) is 7.48. The molecule has 1 saturated heterocycles. The molecule has 1 amide bonds. The highest BCUT2D eigenvalue weighted by Crippen LogP contribution is 2.20. The smallest absolute Gasteiger partial charge is 0.227 e. The van der Waals surface area contributed by atoms with Gasteiger partial charge in [-0.1, -0.05) is 6.07 Å². The second kappa shape index (κ2) is 10.9. The number of aromatic nitrogens is 3. The molecule has 0 saturated carbocycles. The van der Waals surface area contributed by atoms with E-state index in [1.54, 1.807) is 11.0 Å². The molecule has 1 aromatic heterocycles. The first-order valence-corrected chi connectivity index (χ1v) is 7.88. The molecule has 1 aliphatic rings. The van der Waals surface area contributed by atoms with Crippen molar-refractivity contribution in [1.29, 1.82) is 0 Å². The molecule has 0 spiro atoms. The molecule has 1 fully saturated rings. The highest BCUT2D eigenvalue weighted by atomic mass is 35.5. The number of piperidine rings is 1. The van der Waals surface area contributed by atoms with Crippen molar-refractivity contribution in [2.24, 2.45) is 5.92 Å². The van der Waals surface area contributed by atoms with Gasteiger partial charge in [0.1, 0.15) is 25.0 Å². The Morgan fingerprint density at radius 2 is 2.12 bits per heavy atom. The molecule has 2 heterocycles. The summed E-state index contributed by atoms with van der Waals surface area (Å²) in [5, 5.41) is 10.3. The number of benzene rings is 1. The second-order valence-corrected chi connectivity index (χ2v) is 5.55. The Morgan fingerprint density at radius 1 is 1.32 bits per heavy atom. The predicted octanol–water partition coefficient (Wildman–Crippen LogP) is 2.14. The third-order valence-corrected chi connectivity index (χ3v) is 3.87. The van der Waals surface area contributed by atoms with E-state index >= 15 is 0 Å². The van der Waals surface area contributed by atoms with E-state index < -0.39 is 0 Å². The van der Waals surface area contributed by atoms with E-state index in [-0.39, 0.29) is 36.6 Å². The molecular formula is C16H23Cl2N5O2.